The number of nitrogens with zero attached hydrogens (tertiary/aromatic N) is 4. The number of aromatic nitrogens is 4. The molecule has 3 rings (SSSR count). The highest BCUT2D eigenvalue weighted by atomic mass is 16.5. The summed E-state index contributed by atoms with van der Waals surface area (Å²) < 4.78 is 6.93. The molecule has 0 radical (unpaired) electrons. The third-order valence-corrected chi connectivity index (χ3v) is 3.55. The SMILES string of the molecule is COc1cccc(Nc2nc(NCCCO)c3cnn(C)c3n2)c1. The van der Waals surface area contributed by atoms with E-state index in [2.05, 4.69) is 25.7 Å². The highest BCUT2D eigenvalue weighted by molar-refractivity contribution is 5.87. The van der Waals surface area contributed by atoms with E-state index >= 15 is 0 Å². The van der Waals surface area contributed by atoms with Crippen LogP contribution in [0.25, 0.3) is 11.0 Å². The molecule has 3 aromatic rings. The molecule has 8 nitrogen and oxygen atoms in total. The fourth-order valence-corrected chi connectivity index (χ4v) is 2.33. The molecule has 0 atom stereocenters. The Bertz CT molecular complexity index is 833. The summed E-state index contributed by atoms with van der Waals surface area (Å²) in [6, 6.07) is 7.55. The van der Waals surface area contributed by atoms with Crippen molar-refractivity contribution < 1.29 is 9.84 Å². The summed E-state index contributed by atoms with van der Waals surface area (Å²) in [6.07, 6.45) is 2.37. The lowest BCUT2D eigenvalue weighted by atomic mass is 10.3. The first-order valence-corrected chi connectivity index (χ1v) is 7.67. The van der Waals surface area contributed by atoms with Crippen LogP contribution in [-0.4, -0.2) is 45.1 Å². The Labute approximate surface area is 139 Å². The standard InChI is InChI=1S/C16H20N6O2/c1-22-15-13(10-18-22)14(17-7-4-8-23)20-16(21-15)19-11-5-3-6-12(9-11)24-2/h3,5-6,9-10,23H,4,7-8H2,1-2H3,(H2,17,19,20,21). The molecule has 24 heavy (non-hydrogen) atoms. The topological polar surface area (TPSA) is 97.1 Å². The number of aliphatic hydroxyl groups is 1. The summed E-state index contributed by atoms with van der Waals surface area (Å²) in [7, 11) is 3.46. The molecule has 126 valence electrons. The summed E-state index contributed by atoms with van der Waals surface area (Å²) in [5.41, 5.74) is 1.55. The number of nitrogens with one attached hydrogen (secondary N) is 2. The second-order valence-corrected chi connectivity index (χ2v) is 5.26. The molecule has 0 aliphatic rings. The second kappa shape index (κ2) is 7.14. The van der Waals surface area contributed by atoms with E-state index in [0.717, 1.165) is 22.5 Å². The van der Waals surface area contributed by atoms with Crippen molar-refractivity contribution in [1.82, 2.24) is 19.7 Å². The van der Waals surface area contributed by atoms with Gasteiger partial charge in [-0.25, -0.2) is 0 Å². The van der Waals surface area contributed by atoms with Crippen LogP contribution >= 0.6 is 0 Å². The molecule has 0 saturated heterocycles. The van der Waals surface area contributed by atoms with Gasteiger partial charge in [-0.15, -0.1) is 0 Å². The van der Waals surface area contributed by atoms with Gasteiger partial charge in [-0.2, -0.15) is 15.1 Å². The van der Waals surface area contributed by atoms with Gasteiger partial charge in [0.25, 0.3) is 0 Å². The minimum absolute atomic E-state index is 0.128. The van der Waals surface area contributed by atoms with Crippen molar-refractivity contribution in [3.63, 3.8) is 0 Å². The summed E-state index contributed by atoms with van der Waals surface area (Å²) >= 11 is 0. The summed E-state index contributed by atoms with van der Waals surface area (Å²) in [5, 5.41) is 20.4. The molecule has 2 aromatic heterocycles. The van der Waals surface area contributed by atoms with E-state index in [1.54, 1.807) is 18.0 Å². The molecule has 0 bridgehead atoms. The minimum Gasteiger partial charge on any atom is -0.497 e. The van der Waals surface area contributed by atoms with Crippen LogP contribution in [0.5, 0.6) is 5.75 Å². The summed E-state index contributed by atoms with van der Waals surface area (Å²) in [5.74, 6) is 1.90. The number of rotatable bonds is 7. The van der Waals surface area contributed by atoms with Crippen molar-refractivity contribution in [2.24, 2.45) is 7.05 Å². The van der Waals surface area contributed by atoms with Crippen molar-refractivity contribution in [3.05, 3.63) is 30.5 Å². The first-order valence-electron chi connectivity index (χ1n) is 7.67. The van der Waals surface area contributed by atoms with Crippen molar-refractivity contribution in [2.45, 2.75) is 6.42 Å². The molecule has 0 aliphatic carbocycles. The number of aryl methyl sites for hydroxylation is 1. The Balaban J connectivity index is 1.93. The van der Waals surface area contributed by atoms with Gasteiger partial charge in [0.2, 0.25) is 5.95 Å². The molecular weight excluding hydrogens is 308 g/mol. The highest BCUT2D eigenvalue weighted by Gasteiger charge is 2.11. The first-order chi connectivity index (χ1) is 11.7. The van der Waals surface area contributed by atoms with Crippen molar-refractivity contribution in [3.8, 4) is 5.75 Å². The van der Waals surface area contributed by atoms with Crippen molar-refractivity contribution in [2.75, 3.05) is 30.9 Å². The largest absolute Gasteiger partial charge is 0.497 e. The van der Waals surface area contributed by atoms with Crippen LogP contribution in [-0.2, 0) is 7.05 Å². The molecule has 0 amide bonds. The van der Waals surface area contributed by atoms with Crippen molar-refractivity contribution in [1.29, 1.82) is 0 Å². The molecule has 0 fully saturated rings. The van der Waals surface area contributed by atoms with Crippen LogP contribution in [0.4, 0.5) is 17.5 Å². The number of anilines is 3. The summed E-state index contributed by atoms with van der Waals surface area (Å²) in [4.78, 5) is 9.05. The molecule has 0 aliphatic heterocycles. The van der Waals surface area contributed by atoms with E-state index in [4.69, 9.17) is 9.84 Å². The summed E-state index contributed by atoms with van der Waals surface area (Å²) in [6.45, 7) is 0.749. The van der Waals surface area contributed by atoms with E-state index in [1.807, 2.05) is 31.3 Å². The fourth-order valence-electron chi connectivity index (χ4n) is 2.33. The minimum atomic E-state index is 0.128. The van der Waals surface area contributed by atoms with Crippen LogP contribution in [0.15, 0.2) is 30.5 Å². The van der Waals surface area contributed by atoms with Gasteiger partial charge in [0.1, 0.15) is 11.6 Å². The number of methoxy groups -OCH3 is 1. The lowest BCUT2D eigenvalue weighted by molar-refractivity contribution is 0.292. The fraction of sp³-hybridized carbons (Fsp3) is 0.312. The zero-order valence-electron chi connectivity index (χ0n) is 13.7. The van der Waals surface area contributed by atoms with Crippen LogP contribution in [0.1, 0.15) is 6.42 Å². The van der Waals surface area contributed by atoms with Gasteiger partial charge in [-0.3, -0.25) is 4.68 Å². The molecular formula is C16H20N6O2. The number of hydrogen-bond donors (Lipinski definition) is 3. The van der Waals surface area contributed by atoms with Gasteiger partial charge in [-0.05, 0) is 18.6 Å². The molecule has 1 aromatic carbocycles. The van der Waals surface area contributed by atoms with Crippen LogP contribution in [0, 0.1) is 0 Å². The average Bonchev–Trinajstić information content (AvgIpc) is 2.97. The first kappa shape index (κ1) is 16.0. The van der Waals surface area contributed by atoms with E-state index in [-0.39, 0.29) is 6.61 Å². The van der Waals surface area contributed by atoms with E-state index < -0.39 is 0 Å². The Morgan fingerprint density at radius 1 is 1.29 bits per heavy atom. The van der Waals surface area contributed by atoms with Crippen LogP contribution in [0.3, 0.4) is 0 Å². The number of fused-ring (bicyclic) bond motifs is 1. The molecule has 0 spiro atoms. The monoisotopic (exact) mass is 328 g/mol. The predicted octanol–water partition coefficient (Wildman–Crippen LogP) is 1.91. The lowest BCUT2D eigenvalue weighted by Gasteiger charge is -2.10. The highest BCUT2D eigenvalue weighted by Crippen LogP contribution is 2.24. The second-order valence-electron chi connectivity index (χ2n) is 5.26. The van der Waals surface area contributed by atoms with Gasteiger partial charge in [0.05, 0.1) is 18.7 Å². The third-order valence-electron chi connectivity index (χ3n) is 3.55. The van der Waals surface area contributed by atoms with Gasteiger partial charge >= 0.3 is 0 Å². The Morgan fingerprint density at radius 3 is 2.96 bits per heavy atom. The Kier molecular flexibility index (Phi) is 4.76. The van der Waals surface area contributed by atoms with E-state index in [9.17, 15) is 0 Å². The van der Waals surface area contributed by atoms with Crippen LogP contribution < -0.4 is 15.4 Å². The zero-order chi connectivity index (χ0) is 16.9. The maximum absolute atomic E-state index is 8.95. The smallest absolute Gasteiger partial charge is 0.231 e. The van der Waals surface area contributed by atoms with Gasteiger partial charge in [0, 0.05) is 32.0 Å². The molecule has 8 heteroatoms. The normalized spacial score (nSPS) is 10.8. The Hall–Kier alpha value is -2.87. The quantitative estimate of drug-likeness (QED) is 0.570. The van der Waals surface area contributed by atoms with E-state index in [1.165, 1.54) is 0 Å². The molecule has 2 heterocycles. The molecule has 0 unspecified atom stereocenters. The van der Waals surface area contributed by atoms with Crippen LogP contribution in [0.2, 0.25) is 0 Å². The predicted molar refractivity (Wildman–Crippen MR) is 92.8 cm³/mol. The van der Waals surface area contributed by atoms with Gasteiger partial charge < -0.3 is 20.5 Å². The van der Waals surface area contributed by atoms with Gasteiger partial charge in [-0.1, -0.05) is 6.07 Å². The molecule has 0 saturated carbocycles. The average molecular weight is 328 g/mol. The lowest BCUT2D eigenvalue weighted by Crippen LogP contribution is -2.08. The zero-order valence-corrected chi connectivity index (χ0v) is 13.7. The van der Waals surface area contributed by atoms with Gasteiger partial charge in [0.15, 0.2) is 5.65 Å². The maximum atomic E-state index is 8.95. The van der Waals surface area contributed by atoms with Crippen molar-refractivity contribution >= 4 is 28.5 Å². The molecule has 3 N–H and O–H groups in total. The maximum Gasteiger partial charge on any atom is 0.231 e. The number of aliphatic hydroxyl groups excluding tert-OH is 1. The Morgan fingerprint density at radius 2 is 2.17 bits per heavy atom. The number of ether oxygens (including phenoxy) is 1. The number of hydrogen-bond acceptors (Lipinski definition) is 7. The third kappa shape index (κ3) is 3.38. The van der Waals surface area contributed by atoms with E-state index in [0.29, 0.717) is 24.7 Å². The number of benzene rings is 1.